The second kappa shape index (κ2) is 17.4. The zero-order valence-electron chi connectivity index (χ0n) is 27.3. The number of carbonyl (C=O) groups excluding carboxylic acids is 7. The molecule has 1 heterocycles. The summed E-state index contributed by atoms with van der Waals surface area (Å²) in [6, 6.07) is 9.91. The van der Waals surface area contributed by atoms with Crippen molar-refractivity contribution in [3.05, 3.63) is 54.1 Å². The molecule has 0 aliphatic carbocycles. The summed E-state index contributed by atoms with van der Waals surface area (Å²) in [4.78, 5) is 83.3. The summed E-state index contributed by atoms with van der Waals surface area (Å²) in [5.74, 6) is -4.91. The molecule has 1 aliphatic rings. The van der Waals surface area contributed by atoms with Gasteiger partial charge in [0.1, 0.15) is 24.2 Å². The molecule has 2 aromatic rings. The van der Waals surface area contributed by atoms with Crippen LogP contribution in [0.25, 0.3) is 6.08 Å². The Bertz CT molecular complexity index is 1590. The predicted molar refractivity (Wildman–Crippen MR) is 163 cm³/mol. The molecule has 262 valence electrons. The van der Waals surface area contributed by atoms with Crippen molar-refractivity contribution in [2.75, 3.05) is 6.61 Å². The molecule has 49 heavy (non-hydrogen) atoms. The van der Waals surface area contributed by atoms with Gasteiger partial charge in [0.2, 0.25) is 12.4 Å². The summed E-state index contributed by atoms with van der Waals surface area (Å²) in [5, 5.41) is 0. The number of esters is 7. The van der Waals surface area contributed by atoms with Crippen molar-refractivity contribution in [1.82, 2.24) is 0 Å². The van der Waals surface area contributed by atoms with Gasteiger partial charge in [-0.25, -0.2) is 4.79 Å². The van der Waals surface area contributed by atoms with Crippen LogP contribution in [0.4, 0.5) is 0 Å². The van der Waals surface area contributed by atoms with Crippen molar-refractivity contribution in [2.24, 2.45) is 0 Å². The van der Waals surface area contributed by atoms with E-state index in [1.807, 2.05) is 0 Å². The summed E-state index contributed by atoms with van der Waals surface area (Å²) in [6.07, 6.45) is -4.83. The van der Waals surface area contributed by atoms with Gasteiger partial charge in [0.15, 0.2) is 23.7 Å². The van der Waals surface area contributed by atoms with Gasteiger partial charge >= 0.3 is 41.8 Å². The maximum atomic E-state index is 12.8. The zero-order valence-corrected chi connectivity index (χ0v) is 27.3. The highest BCUT2D eigenvalue weighted by Crippen LogP contribution is 2.32. The van der Waals surface area contributed by atoms with Crippen molar-refractivity contribution < 1.29 is 76.2 Å². The fourth-order valence-electron chi connectivity index (χ4n) is 4.45. The lowest BCUT2D eigenvalue weighted by Gasteiger charge is -2.43. The van der Waals surface area contributed by atoms with Gasteiger partial charge in [-0.05, 0) is 48.0 Å². The number of ether oxygens (including phenoxy) is 9. The molecule has 1 aliphatic heterocycles. The van der Waals surface area contributed by atoms with Crippen LogP contribution in [-0.4, -0.2) is 79.1 Å². The summed E-state index contributed by atoms with van der Waals surface area (Å²) < 4.78 is 48.6. The average Bonchev–Trinajstić information content (AvgIpc) is 2.98. The molecule has 0 spiro atoms. The Labute approximate surface area is 280 Å². The normalized spacial score (nSPS) is 19.9. The van der Waals surface area contributed by atoms with E-state index in [1.54, 1.807) is 0 Å². The van der Waals surface area contributed by atoms with Gasteiger partial charge in [0.05, 0.1) is 0 Å². The minimum atomic E-state index is -1.49. The van der Waals surface area contributed by atoms with E-state index in [-0.39, 0.29) is 23.0 Å². The molecule has 1 fully saturated rings. The fourth-order valence-corrected chi connectivity index (χ4v) is 4.45. The third kappa shape index (κ3) is 12.1. The highest BCUT2D eigenvalue weighted by atomic mass is 16.7. The largest absolute Gasteiger partial charge is 0.461 e. The lowest BCUT2D eigenvalue weighted by molar-refractivity contribution is -0.288. The van der Waals surface area contributed by atoms with E-state index in [0.29, 0.717) is 5.56 Å². The Kier molecular flexibility index (Phi) is 13.4. The van der Waals surface area contributed by atoms with Crippen molar-refractivity contribution >= 4 is 47.9 Å². The van der Waals surface area contributed by atoms with Crippen LogP contribution in [0.2, 0.25) is 0 Å². The highest BCUT2D eigenvalue weighted by Gasteiger charge is 2.53. The predicted octanol–water partition coefficient (Wildman–Crippen LogP) is 2.62. The van der Waals surface area contributed by atoms with E-state index in [0.717, 1.165) is 33.8 Å². The minimum Gasteiger partial charge on any atom is -0.461 e. The van der Waals surface area contributed by atoms with Crippen LogP contribution >= 0.6 is 0 Å². The van der Waals surface area contributed by atoms with Crippen molar-refractivity contribution in [3.8, 4) is 23.0 Å². The first-order valence-corrected chi connectivity index (χ1v) is 14.6. The molecule has 1 saturated heterocycles. The van der Waals surface area contributed by atoms with Crippen LogP contribution in [0.3, 0.4) is 0 Å². The molecular weight excluding hydrogens is 652 g/mol. The Balaban J connectivity index is 1.87. The Morgan fingerprint density at radius 2 is 1.14 bits per heavy atom. The first kappa shape index (κ1) is 37.7. The molecule has 2 aromatic carbocycles. The maximum absolute atomic E-state index is 12.8. The summed E-state index contributed by atoms with van der Waals surface area (Å²) in [5.41, 5.74) is 0.364. The van der Waals surface area contributed by atoms with Crippen LogP contribution in [-0.2, 0) is 57.2 Å². The molecule has 0 saturated carbocycles. The fraction of sp³-hybridized carbons (Fsp3) is 0.364. The molecule has 0 radical (unpaired) electrons. The Morgan fingerprint density at radius 3 is 1.71 bits per heavy atom. The highest BCUT2D eigenvalue weighted by molar-refractivity contribution is 5.87. The van der Waals surface area contributed by atoms with Gasteiger partial charge in [-0.15, -0.1) is 0 Å². The number of hydrogen-bond donors (Lipinski definition) is 0. The van der Waals surface area contributed by atoms with E-state index >= 15 is 0 Å². The summed E-state index contributed by atoms with van der Waals surface area (Å²) >= 11 is 0. The van der Waals surface area contributed by atoms with E-state index in [2.05, 4.69) is 0 Å². The van der Waals surface area contributed by atoms with E-state index in [1.165, 1.54) is 62.4 Å². The van der Waals surface area contributed by atoms with Gasteiger partial charge in [-0.2, -0.15) is 0 Å². The van der Waals surface area contributed by atoms with Crippen LogP contribution in [0.5, 0.6) is 23.0 Å². The van der Waals surface area contributed by atoms with Gasteiger partial charge in [-0.3, -0.25) is 28.8 Å². The van der Waals surface area contributed by atoms with Gasteiger partial charge in [-0.1, -0.05) is 6.07 Å². The molecule has 16 heteroatoms. The topological polar surface area (TPSA) is 203 Å². The minimum absolute atomic E-state index is 0.0140. The van der Waals surface area contributed by atoms with Gasteiger partial charge in [0, 0.05) is 47.6 Å². The molecule has 16 nitrogen and oxygen atoms in total. The molecular formula is C33H34O16. The Hall–Kier alpha value is -5.77. The number of benzene rings is 2. The van der Waals surface area contributed by atoms with Crippen LogP contribution in [0.1, 0.15) is 47.1 Å². The second-order valence-electron chi connectivity index (χ2n) is 10.3. The van der Waals surface area contributed by atoms with Crippen molar-refractivity contribution in [1.29, 1.82) is 0 Å². The van der Waals surface area contributed by atoms with Crippen LogP contribution in [0.15, 0.2) is 48.5 Å². The third-order valence-corrected chi connectivity index (χ3v) is 6.11. The molecule has 3 rings (SSSR count). The van der Waals surface area contributed by atoms with Gasteiger partial charge in [0.25, 0.3) is 0 Å². The van der Waals surface area contributed by atoms with E-state index in [4.69, 9.17) is 42.6 Å². The standard InChI is InChI=1S/C33H34O16/c1-17(34)42-24-9-11-25(12-10-24)48-33-32(47-22(6)39)31(46-21(5)38)30(45-20(4)37)28(49-33)16-41-29(40)14-8-23-7-13-26(43-18(2)35)27(15-23)44-19(3)36/h7-15,28,30-33H,16H2,1-6H3/b14-8+/t28-,30-,31+,32-,33-/m1/s1. The first-order chi connectivity index (χ1) is 23.1. The van der Waals surface area contributed by atoms with E-state index in [9.17, 15) is 33.6 Å². The smallest absolute Gasteiger partial charge is 0.330 e. The molecule has 0 unspecified atom stereocenters. The molecule has 0 N–H and O–H groups in total. The van der Waals surface area contributed by atoms with Crippen molar-refractivity contribution in [2.45, 2.75) is 72.2 Å². The quantitative estimate of drug-likeness (QED) is 0.136. The lowest BCUT2D eigenvalue weighted by Crippen LogP contribution is -2.63. The molecule has 0 amide bonds. The van der Waals surface area contributed by atoms with E-state index < -0.39 is 79.1 Å². The number of carbonyl (C=O) groups is 7. The van der Waals surface area contributed by atoms with Crippen molar-refractivity contribution in [3.63, 3.8) is 0 Å². The monoisotopic (exact) mass is 686 g/mol. The Morgan fingerprint density at radius 1 is 0.612 bits per heavy atom. The average molecular weight is 687 g/mol. The lowest BCUT2D eigenvalue weighted by atomic mass is 9.98. The molecule has 5 atom stereocenters. The number of rotatable bonds is 12. The molecule has 0 bridgehead atoms. The number of hydrogen-bond acceptors (Lipinski definition) is 16. The zero-order chi connectivity index (χ0) is 36.2. The van der Waals surface area contributed by atoms with Crippen LogP contribution < -0.4 is 18.9 Å². The van der Waals surface area contributed by atoms with Gasteiger partial charge < -0.3 is 42.6 Å². The van der Waals surface area contributed by atoms with Crippen LogP contribution in [0, 0.1) is 0 Å². The summed E-state index contributed by atoms with van der Waals surface area (Å²) in [7, 11) is 0. The molecule has 0 aromatic heterocycles. The third-order valence-electron chi connectivity index (χ3n) is 6.11. The summed E-state index contributed by atoms with van der Waals surface area (Å²) in [6.45, 7) is 6.25. The SMILES string of the molecule is CC(=O)Oc1ccc(O[C@@H]2O[C@H](COC(=O)/C=C/c3ccc(OC(C)=O)c(OC(C)=O)c3)[C@@H](OC(C)=O)[C@H](OC(C)=O)[C@H]2OC(C)=O)cc1. The first-order valence-electron chi connectivity index (χ1n) is 14.6. The second-order valence-corrected chi connectivity index (χ2v) is 10.3. The maximum Gasteiger partial charge on any atom is 0.330 e.